The van der Waals surface area contributed by atoms with Crippen molar-refractivity contribution < 1.29 is 4.79 Å². The molecule has 0 aliphatic carbocycles. The van der Waals surface area contributed by atoms with E-state index in [9.17, 15) is 4.79 Å². The van der Waals surface area contributed by atoms with E-state index in [0.717, 1.165) is 11.1 Å². The Kier molecular flexibility index (Phi) is 3.69. The number of allylic oxidation sites excluding steroid dienone is 2. The van der Waals surface area contributed by atoms with Gasteiger partial charge in [-0.15, -0.1) is 0 Å². The van der Waals surface area contributed by atoms with E-state index in [1.165, 1.54) is 0 Å². The molecule has 0 bridgehead atoms. The summed E-state index contributed by atoms with van der Waals surface area (Å²) in [6.07, 6.45) is 0.643. The van der Waals surface area contributed by atoms with Crippen molar-refractivity contribution in [3.05, 3.63) is 11.1 Å². The third-order valence-electron chi connectivity index (χ3n) is 1.86. The van der Waals surface area contributed by atoms with Gasteiger partial charge in [0, 0.05) is 6.42 Å². The molecule has 0 aromatic rings. The first-order valence-electron chi connectivity index (χ1n) is 4.41. The highest BCUT2D eigenvalue weighted by atomic mass is 16.1. The second-order valence-electron chi connectivity index (χ2n) is 4.79. The Morgan fingerprint density at radius 3 is 1.75 bits per heavy atom. The molecule has 1 nitrogen and oxygen atoms in total. The molecule has 0 radical (unpaired) electrons. The predicted octanol–water partition coefficient (Wildman–Crippen LogP) is 3.35. The van der Waals surface area contributed by atoms with Gasteiger partial charge in [0.15, 0.2) is 5.78 Å². The van der Waals surface area contributed by atoms with Crippen molar-refractivity contribution in [2.24, 2.45) is 5.41 Å². The van der Waals surface area contributed by atoms with Gasteiger partial charge < -0.3 is 0 Å². The second kappa shape index (κ2) is 3.88. The summed E-state index contributed by atoms with van der Waals surface area (Å²) in [5, 5.41) is 0. The number of Topliss-reactive ketones (excluding diaryl/α,β-unsaturated/α-hetero) is 1. The van der Waals surface area contributed by atoms with Gasteiger partial charge in [-0.25, -0.2) is 0 Å². The van der Waals surface area contributed by atoms with E-state index in [1.807, 2.05) is 20.8 Å². The summed E-state index contributed by atoms with van der Waals surface area (Å²) in [5.74, 6) is 0.280. The van der Waals surface area contributed by atoms with Gasteiger partial charge in [-0.1, -0.05) is 26.3 Å². The van der Waals surface area contributed by atoms with Gasteiger partial charge in [-0.2, -0.15) is 0 Å². The lowest BCUT2D eigenvalue weighted by Crippen LogP contribution is -2.14. The zero-order valence-corrected chi connectivity index (χ0v) is 9.12. The molecule has 0 unspecified atom stereocenters. The molecule has 0 saturated carbocycles. The standard InChI is InChI=1S/C11H20O/c1-8(2)9(3)10(12)7-11(4,5)6/h7H2,1-6H3. The quantitative estimate of drug-likeness (QED) is 0.578. The molecule has 0 amide bonds. The smallest absolute Gasteiger partial charge is 0.159 e. The van der Waals surface area contributed by atoms with Crippen LogP contribution in [-0.4, -0.2) is 5.78 Å². The molecular weight excluding hydrogens is 148 g/mol. The zero-order chi connectivity index (χ0) is 9.94. The molecule has 0 saturated heterocycles. The van der Waals surface area contributed by atoms with Crippen molar-refractivity contribution in [2.75, 3.05) is 0 Å². The fourth-order valence-electron chi connectivity index (χ4n) is 0.893. The molecule has 1 heteroatoms. The molecule has 0 aromatic heterocycles. The van der Waals surface area contributed by atoms with Crippen LogP contribution in [0.3, 0.4) is 0 Å². The number of ketones is 1. The fourth-order valence-corrected chi connectivity index (χ4v) is 0.893. The summed E-state index contributed by atoms with van der Waals surface area (Å²) in [5.41, 5.74) is 2.16. The Hall–Kier alpha value is -0.590. The summed E-state index contributed by atoms with van der Waals surface area (Å²) in [7, 11) is 0. The van der Waals surface area contributed by atoms with E-state index in [4.69, 9.17) is 0 Å². The average molecular weight is 168 g/mol. The third kappa shape index (κ3) is 4.32. The van der Waals surface area contributed by atoms with E-state index in [-0.39, 0.29) is 11.2 Å². The van der Waals surface area contributed by atoms with Gasteiger partial charge in [0.2, 0.25) is 0 Å². The van der Waals surface area contributed by atoms with Gasteiger partial charge in [-0.05, 0) is 31.8 Å². The number of carbonyl (C=O) groups is 1. The molecule has 0 rings (SSSR count). The molecule has 0 N–H and O–H groups in total. The minimum atomic E-state index is 0.105. The Morgan fingerprint density at radius 1 is 1.08 bits per heavy atom. The van der Waals surface area contributed by atoms with Crippen molar-refractivity contribution in [1.29, 1.82) is 0 Å². The van der Waals surface area contributed by atoms with Crippen LogP contribution in [0.4, 0.5) is 0 Å². The van der Waals surface area contributed by atoms with Crippen LogP contribution in [0.5, 0.6) is 0 Å². The molecule has 12 heavy (non-hydrogen) atoms. The third-order valence-corrected chi connectivity index (χ3v) is 1.86. The van der Waals surface area contributed by atoms with E-state index in [2.05, 4.69) is 20.8 Å². The summed E-state index contributed by atoms with van der Waals surface area (Å²) in [4.78, 5) is 11.5. The normalized spacial score (nSPS) is 11.2. The Morgan fingerprint density at radius 2 is 1.50 bits per heavy atom. The first kappa shape index (κ1) is 11.4. The van der Waals surface area contributed by atoms with Gasteiger partial charge in [0.1, 0.15) is 0 Å². The van der Waals surface area contributed by atoms with E-state index in [1.54, 1.807) is 0 Å². The molecule has 0 heterocycles. The summed E-state index contributed by atoms with van der Waals surface area (Å²) in [6.45, 7) is 12.1. The van der Waals surface area contributed by atoms with Crippen molar-refractivity contribution in [3.8, 4) is 0 Å². The van der Waals surface area contributed by atoms with Crippen LogP contribution in [0.1, 0.15) is 48.0 Å². The van der Waals surface area contributed by atoms with Crippen LogP contribution >= 0.6 is 0 Å². The highest BCUT2D eigenvalue weighted by molar-refractivity contribution is 5.95. The maximum atomic E-state index is 11.5. The van der Waals surface area contributed by atoms with Crippen molar-refractivity contribution in [1.82, 2.24) is 0 Å². The number of hydrogen-bond donors (Lipinski definition) is 0. The molecular formula is C11H20O. The van der Waals surface area contributed by atoms with Crippen LogP contribution in [-0.2, 0) is 4.79 Å². The first-order valence-corrected chi connectivity index (χ1v) is 4.41. The lowest BCUT2D eigenvalue weighted by Gasteiger charge is -2.17. The number of carbonyl (C=O) groups excluding carboxylic acids is 1. The highest BCUT2D eigenvalue weighted by Gasteiger charge is 2.17. The lowest BCUT2D eigenvalue weighted by atomic mass is 9.87. The van der Waals surface area contributed by atoms with Crippen LogP contribution in [0.15, 0.2) is 11.1 Å². The molecule has 0 spiro atoms. The van der Waals surface area contributed by atoms with Gasteiger partial charge in [0.25, 0.3) is 0 Å². The molecule has 0 aliphatic rings. The predicted molar refractivity (Wildman–Crippen MR) is 53.1 cm³/mol. The van der Waals surface area contributed by atoms with Crippen molar-refractivity contribution >= 4 is 5.78 Å². The van der Waals surface area contributed by atoms with Gasteiger partial charge >= 0.3 is 0 Å². The second-order valence-corrected chi connectivity index (χ2v) is 4.79. The number of rotatable bonds is 2. The van der Waals surface area contributed by atoms with Crippen molar-refractivity contribution in [3.63, 3.8) is 0 Å². The average Bonchev–Trinajstić information content (AvgIpc) is 1.82. The van der Waals surface area contributed by atoms with Crippen LogP contribution in [0, 0.1) is 5.41 Å². The highest BCUT2D eigenvalue weighted by Crippen LogP contribution is 2.21. The first-order chi connectivity index (χ1) is 5.24. The maximum absolute atomic E-state index is 11.5. The van der Waals surface area contributed by atoms with E-state index in [0.29, 0.717) is 6.42 Å². The van der Waals surface area contributed by atoms with E-state index >= 15 is 0 Å². The topological polar surface area (TPSA) is 17.1 Å². The minimum Gasteiger partial charge on any atom is -0.295 e. The minimum absolute atomic E-state index is 0.105. The molecule has 0 fully saturated rings. The van der Waals surface area contributed by atoms with Crippen molar-refractivity contribution in [2.45, 2.75) is 48.0 Å². The SMILES string of the molecule is CC(C)=C(C)C(=O)CC(C)(C)C. The van der Waals surface area contributed by atoms with Crippen LogP contribution in [0.2, 0.25) is 0 Å². The Balaban J connectivity index is 4.36. The fraction of sp³-hybridized carbons (Fsp3) is 0.727. The molecule has 0 aromatic carbocycles. The number of hydrogen-bond acceptors (Lipinski definition) is 1. The zero-order valence-electron chi connectivity index (χ0n) is 9.12. The molecule has 0 atom stereocenters. The van der Waals surface area contributed by atoms with E-state index < -0.39 is 0 Å². The summed E-state index contributed by atoms with van der Waals surface area (Å²) >= 11 is 0. The maximum Gasteiger partial charge on any atom is 0.159 e. The van der Waals surface area contributed by atoms with Crippen LogP contribution in [0.25, 0.3) is 0 Å². The molecule has 70 valence electrons. The van der Waals surface area contributed by atoms with Gasteiger partial charge in [0.05, 0.1) is 0 Å². The molecule has 0 aliphatic heterocycles. The largest absolute Gasteiger partial charge is 0.295 e. The van der Waals surface area contributed by atoms with Gasteiger partial charge in [-0.3, -0.25) is 4.79 Å². The van der Waals surface area contributed by atoms with Crippen LogP contribution < -0.4 is 0 Å². The Labute approximate surface area is 75.9 Å². The Bertz CT molecular complexity index is 200. The summed E-state index contributed by atoms with van der Waals surface area (Å²) in [6, 6.07) is 0. The lowest BCUT2D eigenvalue weighted by molar-refractivity contribution is -0.117. The summed E-state index contributed by atoms with van der Waals surface area (Å²) < 4.78 is 0. The monoisotopic (exact) mass is 168 g/mol.